The molecule has 1 aliphatic rings. The molecule has 1 saturated heterocycles. The van der Waals surface area contributed by atoms with Gasteiger partial charge in [0, 0.05) is 12.8 Å². The van der Waals surface area contributed by atoms with Crippen LogP contribution < -0.4 is 10.5 Å². The maximum Gasteiger partial charge on any atom is 0.291 e. The van der Waals surface area contributed by atoms with Crippen LogP contribution in [-0.4, -0.2) is 21.3 Å². The molecule has 0 saturated carbocycles. The Bertz CT molecular complexity index is 922. The van der Waals surface area contributed by atoms with Gasteiger partial charge in [0.05, 0.1) is 28.0 Å². The van der Waals surface area contributed by atoms with E-state index in [2.05, 4.69) is 11.2 Å². The van der Waals surface area contributed by atoms with Crippen molar-refractivity contribution in [1.29, 1.82) is 0 Å². The molecule has 124 valence electrons. The number of halogens is 2. The second-order valence-corrected chi connectivity index (χ2v) is 7.74. The van der Waals surface area contributed by atoms with Crippen LogP contribution >= 0.6 is 34.5 Å². The van der Waals surface area contributed by atoms with Crippen molar-refractivity contribution in [3.05, 3.63) is 55.9 Å². The molecule has 0 bridgehead atoms. The Morgan fingerprint density at radius 2 is 2.17 bits per heavy atom. The maximum absolute atomic E-state index is 12.2. The number of para-hydroxylation sites is 1. The molecule has 1 aromatic carbocycles. The van der Waals surface area contributed by atoms with Crippen LogP contribution in [-0.2, 0) is 6.67 Å². The summed E-state index contributed by atoms with van der Waals surface area (Å²) in [5.74, 6) is 0. The summed E-state index contributed by atoms with van der Waals surface area (Å²) in [6.07, 6.45) is 3.59. The van der Waals surface area contributed by atoms with Crippen LogP contribution in [0.3, 0.4) is 0 Å². The van der Waals surface area contributed by atoms with Crippen molar-refractivity contribution in [2.24, 2.45) is 0 Å². The summed E-state index contributed by atoms with van der Waals surface area (Å²) in [7, 11) is 0. The van der Waals surface area contributed by atoms with Gasteiger partial charge in [0.2, 0.25) is 0 Å². The quantitative estimate of drug-likeness (QED) is 0.758. The zero-order valence-electron chi connectivity index (χ0n) is 12.7. The van der Waals surface area contributed by atoms with Crippen LogP contribution in [0.4, 0.5) is 0 Å². The lowest BCUT2D eigenvalue weighted by atomic mass is 10.2. The van der Waals surface area contributed by atoms with Gasteiger partial charge < -0.3 is 4.90 Å². The van der Waals surface area contributed by atoms with Gasteiger partial charge in [-0.1, -0.05) is 35.3 Å². The van der Waals surface area contributed by atoms with Crippen molar-refractivity contribution in [1.82, 2.24) is 14.8 Å². The predicted octanol–water partition coefficient (Wildman–Crippen LogP) is 2.54. The van der Waals surface area contributed by atoms with Crippen LogP contribution in [0.15, 0.2) is 35.3 Å². The molecule has 5 nitrogen and oxygen atoms in total. The lowest BCUT2D eigenvalue weighted by molar-refractivity contribution is -0.941. The second-order valence-electron chi connectivity index (χ2n) is 5.89. The summed E-state index contributed by atoms with van der Waals surface area (Å²) in [4.78, 5) is 18.3. The molecule has 8 heteroatoms. The fourth-order valence-electron chi connectivity index (χ4n) is 3.19. The minimum atomic E-state index is -0.341. The molecule has 0 radical (unpaired) electrons. The fraction of sp³-hybridized carbons (Fsp3) is 0.312. The van der Waals surface area contributed by atoms with Gasteiger partial charge in [-0.25, -0.2) is 4.98 Å². The summed E-state index contributed by atoms with van der Waals surface area (Å²) in [6.45, 7) is 1.45. The molecule has 4 rings (SSSR count). The number of nitrogens with one attached hydrogen (secondary N) is 1. The second kappa shape index (κ2) is 6.44. The first-order chi connectivity index (χ1) is 11.6. The summed E-state index contributed by atoms with van der Waals surface area (Å²) < 4.78 is 2.60. The molecular weight excluding hydrogens is 367 g/mol. The van der Waals surface area contributed by atoms with Crippen LogP contribution in [0.25, 0.3) is 10.2 Å². The summed E-state index contributed by atoms with van der Waals surface area (Å²) >= 11 is 13.5. The highest BCUT2D eigenvalue weighted by atomic mass is 35.5. The monoisotopic (exact) mass is 381 g/mol. The van der Waals surface area contributed by atoms with Crippen molar-refractivity contribution in [3.63, 3.8) is 0 Å². The van der Waals surface area contributed by atoms with E-state index in [0.717, 1.165) is 29.9 Å². The van der Waals surface area contributed by atoms with E-state index in [-0.39, 0.29) is 21.6 Å². The smallest absolute Gasteiger partial charge is 0.291 e. The third kappa shape index (κ3) is 2.84. The number of aromatic nitrogens is 3. The molecule has 2 atom stereocenters. The van der Waals surface area contributed by atoms with Gasteiger partial charge in [0.15, 0.2) is 11.7 Å². The van der Waals surface area contributed by atoms with Gasteiger partial charge in [-0.05, 0) is 12.1 Å². The Morgan fingerprint density at radius 1 is 1.33 bits per heavy atom. The summed E-state index contributed by atoms with van der Waals surface area (Å²) in [6, 6.07) is 8.45. The van der Waals surface area contributed by atoms with E-state index in [9.17, 15) is 4.79 Å². The minimum Gasteiger partial charge on any atom is -0.308 e. The number of hydrogen-bond acceptors (Lipinski definition) is 4. The largest absolute Gasteiger partial charge is 0.308 e. The van der Waals surface area contributed by atoms with Crippen LogP contribution in [0.1, 0.15) is 23.9 Å². The highest BCUT2D eigenvalue weighted by molar-refractivity contribution is 7.18. The Kier molecular flexibility index (Phi) is 4.30. The van der Waals surface area contributed by atoms with Gasteiger partial charge in [0.1, 0.15) is 11.1 Å². The molecule has 0 amide bonds. The van der Waals surface area contributed by atoms with Crippen molar-refractivity contribution in [2.45, 2.75) is 25.6 Å². The number of thiazole rings is 1. The Morgan fingerprint density at radius 3 is 3.00 bits per heavy atom. The van der Waals surface area contributed by atoms with E-state index in [4.69, 9.17) is 28.2 Å². The highest BCUT2D eigenvalue weighted by Gasteiger charge is 2.33. The molecular formula is C16H15Cl2N4OS+. The van der Waals surface area contributed by atoms with E-state index >= 15 is 0 Å². The van der Waals surface area contributed by atoms with E-state index in [1.165, 1.54) is 20.5 Å². The SMILES string of the molecule is O=c1c(Cl)c(Cl)cnn1C[NH+]1CCC[C@H]1c1nc2ccccc2s1. The average Bonchev–Trinajstić information content (AvgIpc) is 3.21. The van der Waals surface area contributed by atoms with E-state index in [1.807, 2.05) is 18.2 Å². The molecule has 0 spiro atoms. The highest BCUT2D eigenvalue weighted by Crippen LogP contribution is 2.28. The number of fused-ring (bicyclic) bond motifs is 1. The minimum absolute atomic E-state index is 0.0294. The molecule has 0 aliphatic carbocycles. The zero-order chi connectivity index (χ0) is 16.7. The van der Waals surface area contributed by atoms with Gasteiger partial charge in [0.25, 0.3) is 5.56 Å². The van der Waals surface area contributed by atoms with E-state index in [1.54, 1.807) is 11.3 Å². The van der Waals surface area contributed by atoms with Crippen molar-refractivity contribution in [3.8, 4) is 0 Å². The average molecular weight is 382 g/mol. The standard InChI is InChI=1S/C16H14Cl2N4OS/c17-10-8-19-22(16(23)14(10)18)9-21-7-3-5-12(21)15-20-11-4-1-2-6-13(11)24-15/h1-2,4,6,8,12H,3,5,7,9H2/p+1/t12-/m0/s1. The number of benzene rings is 1. The summed E-state index contributed by atoms with van der Waals surface area (Å²) in [5, 5.41) is 5.47. The number of quaternary nitrogens is 1. The molecule has 1 aliphatic heterocycles. The van der Waals surface area contributed by atoms with Crippen LogP contribution in [0, 0.1) is 0 Å². The summed E-state index contributed by atoms with van der Waals surface area (Å²) in [5.41, 5.74) is 0.695. The van der Waals surface area contributed by atoms with E-state index < -0.39 is 0 Å². The van der Waals surface area contributed by atoms with Gasteiger partial charge >= 0.3 is 0 Å². The Labute approximate surface area is 152 Å². The van der Waals surface area contributed by atoms with Gasteiger partial charge in [-0.2, -0.15) is 9.78 Å². The lowest BCUT2D eigenvalue weighted by Gasteiger charge is -2.20. The number of nitrogens with zero attached hydrogens (tertiary/aromatic N) is 3. The van der Waals surface area contributed by atoms with Gasteiger partial charge in [-0.3, -0.25) is 4.79 Å². The molecule has 1 fully saturated rings. The number of rotatable bonds is 3. The molecule has 24 heavy (non-hydrogen) atoms. The first-order valence-electron chi connectivity index (χ1n) is 7.74. The first kappa shape index (κ1) is 16.0. The van der Waals surface area contributed by atoms with Gasteiger partial charge in [-0.15, -0.1) is 11.3 Å². The topological polar surface area (TPSA) is 52.2 Å². The Hall–Kier alpha value is -1.47. The molecule has 1 unspecified atom stereocenters. The molecule has 1 N–H and O–H groups in total. The lowest BCUT2D eigenvalue weighted by Crippen LogP contribution is -3.09. The van der Waals surface area contributed by atoms with Crippen LogP contribution in [0.5, 0.6) is 0 Å². The fourth-order valence-corrected chi connectivity index (χ4v) is 4.62. The van der Waals surface area contributed by atoms with Crippen molar-refractivity contribution >= 4 is 44.8 Å². The van der Waals surface area contributed by atoms with Crippen molar-refractivity contribution in [2.75, 3.05) is 6.54 Å². The first-order valence-corrected chi connectivity index (χ1v) is 9.32. The molecule has 3 aromatic rings. The van der Waals surface area contributed by atoms with Crippen molar-refractivity contribution < 1.29 is 4.90 Å². The number of hydrogen-bond donors (Lipinski definition) is 1. The van der Waals surface area contributed by atoms with Crippen LogP contribution in [0.2, 0.25) is 10.0 Å². The third-order valence-corrected chi connectivity index (χ3v) is 6.29. The van der Waals surface area contributed by atoms with E-state index in [0.29, 0.717) is 6.67 Å². The maximum atomic E-state index is 12.2. The Balaban J connectivity index is 1.63. The zero-order valence-corrected chi connectivity index (χ0v) is 15.0. The normalized spacial score (nSPS) is 20.8. The third-order valence-electron chi connectivity index (χ3n) is 4.39. The number of likely N-dealkylation sites (tertiary alicyclic amines) is 1. The predicted molar refractivity (Wildman–Crippen MR) is 95.9 cm³/mol. The molecule has 2 aromatic heterocycles. The molecule has 3 heterocycles.